The summed E-state index contributed by atoms with van der Waals surface area (Å²) in [5, 5.41) is 3.47. The smallest absolute Gasteiger partial charge is 0.0954 e. The number of nitrogens with zero attached hydrogens (tertiary/aromatic N) is 2. The van der Waals surface area contributed by atoms with Crippen LogP contribution in [0.3, 0.4) is 0 Å². The zero-order valence-corrected chi connectivity index (χ0v) is 10.4. The quantitative estimate of drug-likeness (QED) is 0.729. The number of imidazole rings is 1. The van der Waals surface area contributed by atoms with Gasteiger partial charge in [-0.2, -0.15) is 0 Å². The summed E-state index contributed by atoms with van der Waals surface area (Å²) in [6, 6.07) is 0.540. The third kappa shape index (κ3) is 3.06. The van der Waals surface area contributed by atoms with Crippen molar-refractivity contribution in [3.8, 4) is 0 Å². The van der Waals surface area contributed by atoms with Crippen molar-refractivity contribution in [1.29, 1.82) is 0 Å². The third-order valence-corrected chi connectivity index (χ3v) is 2.96. The largest absolute Gasteiger partial charge is 0.330 e. The van der Waals surface area contributed by atoms with E-state index in [1.54, 1.807) is 0 Å². The van der Waals surface area contributed by atoms with Gasteiger partial charge in [-0.25, -0.2) is 4.98 Å². The standard InChI is InChI=1S/C12H23N3/c1-5-7-13-8-12(6-2)15-9-14-10(3)11(15)4/h9,12-13H,5-8H2,1-4H3. The number of rotatable bonds is 6. The Hall–Kier alpha value is -0.830. The molecule has 0 aliphatic rings. The van der Waals surface area contributed by atoms with Gasteiger partial charge >= 0.3 is 0 Å². The summed E-state index contributed by atoms with van der Waals surface area (Å²) < 4.78 is 2.29. The SMILES string of the molecule is CCCNCC(CC)n1cnc(C)c1C. The highest BCUT2D eigenvalue weighted by molar-refractivity contribution is 5.09. The van der Waals surface area contributed by atoms with Crippen molar-refractivity contribution < 1.29 is 0 Å². The van der Waals surface area contributed by atoms with Gasteiger partial charge in [0.05, 0.1) is 12.0 Å². The molecule has 1 N–H and O–H groups in total. The van der Waals surface area contributed by atoms with Crippen LogP contribution in [-0.2, 0) is 0 Å². The van der Waals surface area contributed by atoms with E-state index in [9.17, 15) is 0 Å². The maximum Gasteiger partial charge on any atom is 0.0954 e. The van der Waals surface area contributed by atoms with E-state index >= 15 is 0 Å². The number of nitrogens with one attached hydrogen (secondary N) is 1. The van der Waals surface area contributed by atoms with E-state index < -0.39 is 0 Å². The first-order chi connectivity index (χ1) is 7.20. The molecule has 1 heterocycles. The van der Waals surface area contributed by atoms with E-state index in [0.29, 0.717) is 6.04 Å². The maximum atomic E-state index is 4.35. The Morgan fingerprint density at radius 2 is 2.13 bits per heavy atom. The molecular formula is C12H23N3. The summed E-state index contributed by atoms with van der Waals surface area (Å²) in [7, 11) is 0. The van der Waals surface area contributed by atoms with E-state index in [1.807, 2.05) is 6.33 Å². The lowest BCUT2D eigenvalue weighted by molar-refractivity contribution is 0.441. The van der Waals surface area contributed by atoms with Crippen LogP contribution in [0.4, 0.5) is 0 Å². The highest BCUT2D eigenvalue weighted by atomic mass is 15.1. The van der Waals surface area contributed by atoms with E-state index in [1.165, 1.54) is 12.1 Å². The Balaban J connectivity index is 2.61. The van der Waals surface area contributed by atoms with E-state index in [4.69, 9.17) is 0 Å². The Kier molecular flexibility index (Phi) is 4.82. The molecule has 0 aromatic carbocycles. The van der Waals surface area contributed by atoms with Crippen molar-refractivity contribution in [1.82, 2.24) is 14.9 Å². The Morgan fingerprint density at radius 3 is 2.60 bits per heavy atom. The lowest BCUT2D eigenvalue weighted by atomic mass is 10.2. The molecule has 0 radical (unpaired) electrons. The zero-order valence-electron chi connectivity index (χ0n) is 10.4. The van der Waals surface area contributed by atoms with Crippen LogP contribution < -0.4 is 5.32 Å². The van der Waals surface area contributed by atoms with Gasteiger partial charge in [0.1, 0.15) is 0 Å². The average Bonchev–Trinajstić information content (AvgIpc) is 2.56. The summed E-state index contributed by atoms with van der Waals surface area (Å²) in [5.41, 5.74) is 2.43. The minimum atomic E-state index is 0.540. The topological polar surface area (TPSA) is 29.9 Å². The maximum absolute atomic E-state index is 4.35. The van der Waals surface area contributed by atoms with E-state index in [2.05, 4.69) is 42.6 Å². The second-order valence-corrected chi connectivity index (χ2v) is 4.09. The fourth-order valence-corrected chi connectivity index (χ4v) is 1.77. The fraction of sp³-hybridized carbons (Fsp3) is 0.750. The number of hydrogen-bond acceptors (Lipinski definition) is 2. The van der Waals surface area contributed by atoms with E-state index in [-0.39, 0.29) is 0 Å². The molecule has 1 unspecified atom stereocenters. The molecule has 1 rings (SSSR count). The summed E-state index contributed by atoms with van der Waals surface area (Å²) in [6.45, 7) is 10.8. The molecule has 0 amide bonds. The minimum Gasteiger partial charge on any atom is -0.330 e. The van der Waals surface area contributed by atoms with Crippen LogP contribution in [0.5, 0.6) is 0 Å². The molecule has 0 bridgehead atoms. The van der Waals surface area contributed by atoms with E-state index in [0.717, 1.165) is 25.2 Å². The van der Waals surface area contributed by atoms with Crippen molar-refractivity contribution in [3.05, 3.63) is 17.7 Å². The molecule has 3 heteroatoms. The van der Waals surface area contributed by atoms with Crippen LogP contribution in [-0.4, -0.2) is 22.6 Å². The molecule has 3 nitrogen and oxygen atoms in total. The average molecular weight is 209 g/mol. The first-order valence-corrected chi connectivity index (χ1v) is 5.91. The molecule has 86 valence electrons. The van der Waals surface area contributed by atoms with Gasteiger partial charge in [0.2, 0.25) is 0 Å². The van der Waals surface area contributed by atoms with Gasteiger partial charge in [-0.3, -0.25) is 0 Å². The van der Waals surface area contributed by atoms with Crippen LogP contribution in [0.2, 0.25) is 0 Å². The summed E-state index contributed by atoms with van der Waals surface area (Å²) in [5.74, 6) is 0. The second-order valence-electron chi connectivity index (χ2n) is 4.09. The number of hydrogen-bond donors (Lipinski definition) is 1. The highest BCUT2D eigenvalue weighted by Gasteiger charge is 2.11. The molecule has 1 atom stereocenters. The summed E-state index contributed by atoms with van der Waals surface area (Å²) >= 11 is 0. The summed E-state index contributed by atoms with van der Waals surface area (Å²) in [4.78, 5) is 4.35. The molecule has 0 spiro atoms. The fourth-order valence-electron chi connectivity index (χ4n) is 1.77. The molecule has 0 aliphatic carbocycles. The predicted molar refractivity (Wildman–Crippen MR) is 64.2 cm³/mol. The third-order valence-electron chi connectivity index (χ3n) is 2.96. The first-order valence-electron chi connectivity index (χ1n) is 5.91. The van der Waals surface area contributed by atoms with Crippen LogP contribution in [0.1, 0.15) is 44.1 Å². The number of aryl methyl sites for hydroxylation is 1. The van der Waals surface area contributed by atoms with Gasteiger partial charge < -0.3 is 9.88 Å². The van der Waals surface area contributed by atoms with Crippen molar-refractivity contribution in [2.75, 3.05) is 13.1 Å². The van der Waals surface area contributed by atoms with Crippen LogP contribution >= 0.6 is 0 Å². The molecule has 0 saturated heterocycles. The summed E-state index contributed by atoms with van der Waals surface area (Å²) in [6.07, 6.45) is 4.30. The Bertz CT molecular complexity index is 291. The molecule has 0 fully saturated rings. The molecule has 0 aliphatic heterocycles. The van der Waals surface area contributed by atoms with Gasteiger partial charge in [-0.15, -0.1) is 0 Å². The lowest BCUT2D eigenvalue weighted by Gasteiger charge is -2.19. The Morgan fingerprint density at radius 1 is 1.40 bits per heavy atom. The van der Waals surface area contributed by atoms with Crippen molar-refractivity contribution in [2.45, 2.75) is 46.6 Å². The number of aromatic nitrogens is 2. The minimum absolute atomic E-state index is 0.540. The van der Waals surface area contributed by atoms with Crippen molar-refractivity contribution >= 4 is 0 Å². The van der Waals surface area contributed by atoms with Gasteiger partial charge in [-0.05, 0) is 33.2 Å². The highest BCUT2D eigenvalue weighted by Crippen LogP contribution is 2.15. The molecule has 1 aromatic rings. The van der Waals surface area contributed by atoms with Gasteiger partial charge in [-0.1, -0.05) is 13.8 Å². The normalized spacial score (nSPS) is 13.1. The van der Waals surface area contributed by atoms with Crippen LogP contribution in [0, 0.1) is 13.8 Å². The lowest BCUT2D eigenvalue weighted by Crippen LogP contribution is -2.25. The van der Waals surface area contributed by atoms with Crippen molar-refractivity contribution in [3.63, 3.8) is 0 Å². The predicted octanol–water partition coefficient (Wildman–Crippen LogP) is 2.45. The zero-order chi connectivity index (χ0) is 11.3. The second kappa shape index (κ2) is 5.91. The van der Waals surface area contributed by atoms with Gasteiger partial charge in [0.15, 0.2) is 0 Å². The first kappa shape index (κ1) is 12.2. The van der Waals surface area contributed by atoms with Gasteiger partial charge in [0.25, 0.3) is 0 Å². The van der Waals surface area contributed by atoms with Crippen molar-refractivity contribution in [2.24, 2.45) is 0 Å². The van der Waals surface area contributed by atoms with Crippen LogP contribution in [0.15, 0.2) is 6.33 Å². The van der Waals surface area contributed by atoms with Gasteiger partial charge in [0, 0.05) is 18.3 Å². The molecule has 1 aromatic heterocycles. The molecule has 0 saturated carbocycles. The monoisotopic (exact) mass is 209 g/mol. The molecular weight excluding hydrogens is 186 g/mol. The molecule has 15 heavy (non-hydrogen) atoms. The Labute approximate surface area is 92.9 Å². The van der Waals surface area contributed by atoms with Crippen LogP contribution in [0.25, 0.3) is 0 Å².